The lowest BCUT2D eigenvalue weighted by Crippen LogP contribution is -2.26. The molecule has 0 aromatic heterocycles. The predicted molar refractivity (Wildman–Crippen MR) is 74.7 cm³/mol. The van der Waals surface area contributed by atoms with Crippen molar-refractivity contribution in [1.82, 2.24) is 4.90 Å². The van der Waals surface area contributed by atoms with E-state index in [9.17, 15) is 13.2 Å². The van der Waals surface area contributed by atoms with Crippen molar-refractivity contribution < 1.29 is 17.4 Å². The van der Waals surface area contributed by atoms with Crippen LogP contribution in [0.25, 0.3) is 0 Å². The van der Waals surface area contributed by atoms with Gasteiger partial charge in [-0.2, -0.15) is 8.42 Å². The first kappa shape index (κ1) is 15.0. The molecule has 5 nitrogen and oxygen atoms in total. The number of amides is 1. The molecule has 1 atom stereocenters. The summed E-state index contributed by atoms with van der Waals surface area (Å²) in [5.41, 5.74) is 0.997. The Kier molecular flexibility index (Phi) is 4.45. The number of hydrogen-bond donors (Lipinski definition) is 0. The fourth-order valence-corrected chi connectivity index (χ4v) is 3.19. The number of carbonyl (C=O) groups is 1. The number of nitrogens with zero attached hydrogens (tertiary/aromatic N) is 1. The second-order valence-corrected chi connectivity index (χ2v) is 6.79. The molecule has 0 saturated carbocycles. The topological polar surface area (TPSA) is 63.7 Å². The molecule has 1 heterocycles. The zero-order valence-corrected chi connectivity index (χ0v) is 12.5. The van der Waals surface area contributed by atoms with Crippen molar-refractivity contribution in [3.8, 4) is 0 Å². The summed E-state index contributed by atoms with van der Waals surface area (Å²) >= 11 is 0. The van der Waals surface area contributed by atoms with E-state index in [-0.39, 0.29) is 23.3 Å². The quantitative estimate of drug-likeness (QED) is 0.791. The molecule has 110 valence electrons. The molecule has 2 rings (SSSR count). The van der Waals surface area contributed by atoms with Crippen LogP contribution in [0, 0.1) is 12.8 Å². The minimum atomic E-state index is -3.71. The minimum Gasteiger partial charge on any atom is -0.343 e. The summed E-state index contributed by atoms with van der Waals surface area (Å²) in [6.45, 7) is 4.78. The molecular weight excluding hydrogens is 278 g/mol. The van der Waals surface area contributed by atoms with Gasteiger partial charge in [0, 0.05) is 25.9 Å². The molecule has 1 aliphatic heterocycles. The molecule has 1 fully saturated rings. The number of carbonyl (C=O) groups excluding carboxylic acids is 1. The maximum atomic E-state index is 12.0. The molecule has 0 aliphatic carbocycles. The highest BCUT2D eigenvalue weighted by atomic mass is 32.2. The molecule has 0 N–H and O–H groups in total. The van der Waals surface area contributed by atoms with Gasteiger partial charge in [-0.15, -0.1) is 0 Å². The molecule has 6 heteroatoms. The van der Waals surface area contributed by atoms with Crippen molar-refractivity contribution in [2.24, 2.45) is 5.92 Å². The van der Waals surface area contributed by atoms with Gasteiger partial charge in [0.25, 0.3) is 10.1 Å². The Morgan fingerprint density at radius 1 is 1.35 bits per heavy atom. The smallest absolute Gasteiger partial charge is 0.296 e. The average molecular weight is 297 g/mol. The van der Waals surface area contributed by atoms with Crippen molar-refractivity contribution in [1.29, 1.82) is 0 Å². The first-order chi connectivity index (χ1) is 9.38. The fraction of sp³-hybridized carbons (Fsp3) is 0.500. The van der Waals surface area contributed by atoms with E-state index >= 15 is 0 Å². The van der Waals surface area contributed by atoms with Crippen LogP contribution in [0.1, 0.15) is 18.9 Å². The van der Waals surface area contributed by atoms with Gasteiger partial charge in [-0.3, -0.25) is 8.98 Å². The number of rotatable bonds is 4. The maximum Gasteiger partial charge on any atom is 0.296 e. The molecule has 0 bridgehead atoms. The summed E-state index contributed by atoms with van der Waals surface area (Å²) in [5.74, 6) is 0.105. The molecule has 0 spiro atoms. The predicted octanol–water partition coefficient (Wildman–Crippen LogP) is 1.57. The molecule has 1 aliphatic rings. The highest BCUT2D eigenvalue weighted by Crippen LogP contribution is 2.20. The van der Waals surface area contributed by atoms with Gasteiger partial charge in [0.2, 0.25) is 5.91 Å². The Balaban J connectivity index is 1.93. The number of benzene rings is 1. The Bertz CT molecular complexity index is 580. The van der Waals surface area contributed by atoms with Crippen molar-refractivity contribution in [3.63, 3.8) is 0 Å². The molecule has 0 unspecified atom stereocenters. The van der Waals surface area contributed by atoms with E-state index in [0.717, 1.165) is 12.0 Å². The largest absolute Gasteiger partial charge is 0.343 e. The zero-order chi connectivity index (χ0) is 14.8. The van der Waals surface area contributed by atoms with Crippen molar-refractivity contribution in [2.75, 3.05) is 19.7 Å². The van der Waals surface area contributed by atoms with E-state index in [4.69, 9.17) is 4.18 Å². The Labute approximate surface area is 119 Å². The van der Waals surface area contributed by atoms with E-state index < -0.39 is 10.1 Å². The van der Waals surface area contributed by atoms with Crippen LogP contribution in [0.5, 0.6) is 0 Å². The third-order valence-corrected chi connectivity index (χ3v) is 4.80. The van der Waals surface area contributed by atoms with Gasteiger partial charge >= 0.3 is 0 Å². The fourth-order valence-electron chi connectivity index (χ4n) is 2.21. The van der Waals surface area contributed by atoms with Gasteiger partial charge < -0.3 is 4.90 Å². The van der Waals surface area contributed by atoms with E-state index in [1.807, 2.05) is 6.92 Å². The first-order valence-electron chi connectivity index (χ1n) is 6.60. The van der Waals surface area contributed by atoms with Crippen LogP contribution in [0.3, 0.4) is 0 Å². The molecule has 0 radical (unpaired) electrons. The van der Waals surface area contributed by atoms with E-state index in [1.54, 1.807) is 29.2 Å². The molecule has 1 amide bonds. The van der Waals surface area contributed by atoms with Gasteiger partial charge in [0.1, 0.15) is 0 Å². The normalized spacial score (nSPS) is 19.3. The summed E-state index contributed by atoms with van der Waals surface area (Å²) in [6.07, 6.45) is 0.781. The van der Waals surface area contributed by atoms with Crippen LogP contribution in [-0.2, 0) is 19.1 Å². The van der Waals surface area contributed by atoms with Crippen molar-refractivity contribution >= 4 is 16.0 Å². The summed E-state index contributed by atoms with van der Waals surface area (Å²) in [5, 5.41) is 0. The number of likely N-dealkylation sites (tertiary alicyclic amines) is 1. The summed E-state index contributed by atoms with van der Waals surface area (Å²) in [4.78, 5) is 13.1. The van der Waals surface area contributed by atoms with E-state index in [1.165, 1.54) is 6.92 Å². The Morgan fingerprint density at radius 3 is 2.55 bits per heavy atom. The van der Waals surface area contributed by atoms with Crippen LogP contribution < -0.4 is 0 Å². The molecule has 1 aromatic rings. The highest BCUT2D eigenvalue weighted by Gasteiger charge is 2.26. The minimum absolute atomic E-state index is 0.0221. The SMILES string of the molecule is CC(=O)N1CC[C@@H](COS(=O)(=O)c2ccc(C)cc2)C1. The Morgan fingerprint density at radius 2 is 2.00 bits per heavy atom. The van der Waals surface area contributed by atoms with Gasteiger partial charge in [-0.25, -0.2) is 0 Å². The molecule has 20 heavy (non-hydrogen) atoms. The van der Waals surface area contributed by atoms with Gasteiger partial charge in [-0.05, 0) is 25.5 Å². The third-order valence-electron chi connectivity index (χ3n) is 3.50. The number of hydrogen-bond acceptors (Lipinski definition) is 4. The highest BCUT2D eigenvalue weighted by molar-refractivity contribution is 7.86. The average Bonchev–Trinajstić information content (AvgIpc) is 2.86. The molecule has 1 saturated heterocycles. The van der Waals surface area contributed by atoms with E-state index in [0.29, 0.717) is 13.1 Å². The van der Waals surface area contributed by atoms with Crippen LogP contribution in [-0.4, -0.2) is 38.9 Å². The summed E-state index contributed by atoms with van der Waals surface area (Å²) in [6, 6.07) is 6.56. The summed E-state index contributed by atoms with van der Waals surface area (Å²) in [7, 11) is -3.71. The van der Waals surface area contributed by atoms with Crippen LogP contribution in [0.2, 0.25) is 0 Å². The zero-order valence-electron chi connectivity index (χ0n) is 11.7. The molecular formula is C14H19NO4S. The first-order valence-corrected chi connectivity index (χ1v) is 8.01. The number of aryl methyl sites for hydroxylation is 1. The third kappa shape index (κ3) is 3.58. The lowest BCUT2D eigenvalue weighted by atomic mass is 10.1. The lowest BCUT2D eigenvalue weighted by Gasteiger charge is -2.14. The van der Waals surface area contributed by atoms with E-state index in [2.05, 4.69) is 0 Å². The van der Waals surface area contributed by atoms with Gasteiger partial charge in [0.15, 0.2) is 0 Å². The van der Waals surface area contributed by atoms with Crippen molar-refractivity contribution in [2.45, 2.75) is 25.2 Å². The standard InChI is InChI=1S/C14H19NO4S/c1-11-3-5-14(6-4-11)20(17,18)19-10-13-7-8-15(9-13)12(2)16/h3-6,13H,7-10H2,1-2H3/t13-/m1/s1. The van der Waals surface area contributed by atoms with Crippen molar-refractivity contribution in [3.05, 3.63) is 29.8 Å². The van der Waals surface area contributed by atoms with Crippen LogP contribution in [0.15, 0.2) is 29.2 Å². The maximum absolute atomic E-state index is 12.0. The molecule has 1 aromatic carbocycles. The lowest BCUT2D eigenvalue weighted by molar-refractivity contribution is -0.127. The second kappa shape index (κ2) is 5.93. The van der Waals surface area contributed by atoms with Gasteiger partial charge in [-0.1, -0.05) is 17.7 Å². The van der Waals surface area contributed by atoms with Crippen LogP contribution >= 0.6 is 0 Å². The monoisotopic (exact) mass is 297 g/mol. The Hall–Kier alpha value is -1.40. The second-order valence-electron chi connectivity index (χ2n) is 5.17. The van der Waals surface area contributed by atoms with Crippen LogP contribution in [0.4, 0.5) is 0 Å². The van der Waals surface area contributed by atoms with Gasteiger partial charge in [0.05, 0.1) is 11.5 Å². The summed E-state index contributed by atoms with van der Waals surface area (Å²) < 4.78 is 29.1.